The van der Waals surface area contributed by atoms with E-state index in [0.717, 1.165) is 104 Å². The fraction of sp³-hybridized carbons (Fsp3) is 0.895. The molecule has 7 fully saturated rings. The Labute approximate surface area is 857 Å². The third-order valence-electron chi connectivity index (χ3n) is 27.7. The van der Waals surface area contributed by atoms with E-state index in [1.165, 1.54) is 83.1 Å². The predicted octanol–water partition coefficient (Wildman–Crippen LogP) is -7.72. The lowest BCUT2D eigenvalue weighted by atomic mass is 9.87. The Bertz CT molecular complexity index is 3940. The SMILES string of the molecule is CCCCCCCCCCCCC/C=C/[C@@H](O)[C@H](CO[C@@H]1OC(CO)[C@@H](O[C@@H]2OC(CO)[C@H](O[C@@H]3OC(CO)[C@H](O)[C@H](O[C@@H]4OC(CO)[C@H](O)[C@H](O[C@]5(C(=O)O)CC(O)[C@@H](NC(C)=O)C([C@H](O)[C@H](O)CO)O5)C4O)C3NC(C)=O)[C@H](O[C@]3(C(=O)O)CC(O)[C@@H](NC(=O)CO)C([C@H](O)[C@@H](CO)O[C@]4(C(=O)O)CC(O)[C@@H](NC(C)=O)C([C@H](O)[C@H](O)CO)O4)O3)C2O)[C@H](O)C1O)NC(=O)CCCCCCCCCCCCCCCCC. The topological polar surface area (TPSA) is 852 Å². The largest absolute Gasteiger partial charge is 0.477 e. The normalized spacial score (nSPS) is 35.3. The number of rotatable bonds is 67. The standard InChI is InChI=1S/C95H165N5O48/c1-6-8-10-12-14-16-18-20-21-23-25-27-29-31-33-35-63(118)99-51(52(112)34-32-30-28-26-24-22-19-17-15-13-11-9-7-2)47-135-87-75(126)74(125)78(61(44-106)138-87)140-89-77(128)85(148-95(92(133)134)38-55(115)67(100-64(119)46-108)83(146-95)73(124)60(43-105)143-93(90(129)130)36-53(113)65(96-48(3)109)81(144-93)69(120)56(116)39-101)79(62(45-107)139-89)141-86-68(98-50(5)111)80(71(122)58(41-103)136-86)142-88-76(127)84(72(123)59(42-104)137-88)147-94(91(131)132)37-54(114)66(97-49(4)110)82(145-94)70(121)57(117)40-102/h32,34,51-62,65-89,101-108,112-117,120-128H,6-31,33,35-47H2,1-5H3,(H,96,109)(H,97,110)(H,98,111)(H,99,118)(H,100,119)(H,129,130)(H,131,132)(H,133,134)/b34-32+/t51-,52+,53?,54?,55?,56+,57+,58?,59?,60+,61?,62?,65+,66+,67+,68?,69+,70+,71-,72-,73+,74+,75?,76?,77?,78+,79-,80+,81?,82?,83?,84-,85+,86-,87+,88-,89-,93+,94-,95-/m0/s1. The van der Waals surface area contributed by atoms with Gasteiger partial charge >= 0.3 is 17.9 Å². The first kappa shape index (κ1) is 129. The second kappa shape index (κ2) is 63.9. The highest BCUT2D eigenvalue weighted by atomic mass is 16.8. The summed E-state index contributed by atoms with van der Waals surface area (Å²) in [7, 11) is 0. The van der Waals surface area contributed by atoms with Crippen molar-refractivity contribution in [2.45, 2.75) is 477 Å². The number of unbranched alkanes of at least 4 members (excludes halogenated alkanes) is 25. The van der Waals surface area contributed by atoms with Gasteiger partial charge in [-0.15, -0.1) is 0 Å². The number of hydrogen-bond donors (Lipinski definition) is 31. The molecule has 0 bridgehead atoms. The highest BCUT2D eigenvalue weighted by molar-refractivity contribution is 5.79. The van der Waals surface area contributed by atoms with Gasteiger partial charge in [-0.3, -0.25) is 24.0 Å². The molecule has 40 atom stereocenters. The third-order valence-corrected chi connectivity index (χ3v) is 27.7. The summed E-state index contributed by atoms with van der Waals surface area (Å²) in [5.74, 6) is -22.7. The van der Waals surface area contributed by atoms with E-state index in [2.05, 4.69) is 40.4 Å². The number of carboxylic acid groups (broad SMARTS) is 3. The van der Waals surface area contributed by atoms with Crippen LogP contribution in [0.5, 0.6) is 0 Å². The Balaban J connectivity index is 1.27. The van der Waals surface area contributed by atoms with Crippen LogP contribution in [0, 0.1) is 0 Å². The Morgan fingerprint density at radius 1 is 0.372 bits per heavy atom. The molecule has 0 radical (unpaired) electrons. The number of carbonyl (C=O) groups excluding carboxylic acids is 5. The molecule has 7 heterocycles. The zero-order valence-corrected chi connectivity index (χ0v) is 84.4. The van der Waals surface area contributed by atoms with Crippen molar-refractivity contribution in [3.63, 3.8) is 0 Å². The fourth-order valence-corrected chi connectivity index (χ4v) is 19.5. The minimum atomic E-state index is -3.88. The van der Waals surface area contributed by atoms with E-state index in [1.807, 2.05) is 0 Å². The summed E-state index contributed by atoms with van der Waals surface area (Å²) in [5.41, 5.74) is 0. The smallest absolute Gasteiger partial charge is 0.364 e. The van der Waals surface area contributed by atoms with Crippen molar-refractivity contribution >= 4 is 47.4 Å². The lowest BCUT2D eigenvalue weighted by Gasteiger charge is -2.53. The van der Waals surface area contributed by atoms with Gasteiger partial charge < -0.3 is 226 Å². The van der Waals surface area contributed by atoms with Crippen molar-refractivity contribution in [3.8, 4) is 0 Å². The molecule has 53 heteroatoms. The van der Waals surface area contributed by atoms with Crippen LogP contribution in [0.25, 0.3) is 0 Å². The molecule has 0 aromatic carbocycles. The summed E-state index contributed by atoms with van der Waals surface area (Å²) in [5, 5.41) is 308. The Morgan fingerprint density at radius 2 is 0.736 bits per heavy atom. The summed E-state index contributed by atoms with van der Waals surface area (Å²) < 4.78 is 84.4. The van der Waals surface area contributed by atoms with Crippen LogP contribution >= 0.6 is 0 Å². The number of amides is 5. The molecule has 7 aliphatic heterocycles. The number of aliphatic carboxylic acids is 3. The van der Waals surface area contributed by atoms with Crippen molar-refractivity contribution in [2.24, 2.45) is 0 Å². The molecule has 858 valence electrons. The average molecular weight is 2150 g/mol. The first-order chi connectivity index (χ1) is 70.4. The maximum absolute atomic E-state index is 14.7. The quantitative estimate of drug-likeness (QED) is 0.0199. The highest BCUT2D eigenvalue weighted by Gasteiger charge is 2.66. The second-order valence-electron chi connectivity index (χ2n) is 39.2. The highest BCUT2D eigenvalue weighted by Crippen LogP contribution is 2.45. The van der Waals surface area contributed by atoms with Crippen molar-refractivity contribution in [1.82, 2.24) is 26.6 Å². The Kier molecular flexibility index (Phi) is 55.6. The molecule has 0 aromatic rings. The molecule has 53 nitrogen and oxygen atoms in total. The number of ether oxygens (including phenoxy) is 14. The zero-order chi connectivity index (χ0) is 110. The van der Waals surface area contributed by atoms with Crippen molar-refractivity contribution in [3.05, 3.63) is 12.2 Å². The predicted molar refractivity (Wildman–Crippen MR) is 503 cm³/mol. The lowest BCUT2D eigenvalue weighted by Crippen LogP contribution is -2.73. The molecule has 7 aliphatic rings. The fourth-order valence-electron chi connectivity index (χ4n) is 19.5. The summed E-state index contributed by atoms with van der Waals surface area (Å²) in [6, 6.07) is -9.60. The van der Waals surface area contributed by atoms with Crippen LogP contribution in [0.2, 0.25) is 0 Å². The number of carboxylic acids is 3. The second-order valence-corrected chi connectivity index (χ2v) is 39.2. The van der Waals surface area contributed by atoms with E-state index < -0.39 is 370 Å². The molecular formula is C95H165N5O48. The summed E-state index contributed by atoms with van der Waals surface area (Å²) in [6.45, 7) is -4.77. The van der Waals surface area contributed by atoms with E-state index in [1.54, 1.807) is 6.08 Å². The van der Waals surface area contributed by atoms with Crippen LogP contribution in [0.3, 0.4) is 0 Å². The molecule has 31 N–H and O–H groups in total. The molecule has 0 aliphatic carbocycles. The molecule has 7 saturated heterocycles. The van der Waals surface area contributed by atoms with E-state index in [9.17, 15) is 171 Å². The molecule has 148 heavy (non-hydrogen) atoms. The van der Waals surface area contributed by atoms with Gasteiger partial charge in [-0.1, -0.05) is 180 Å². The van der Waals surface area contributed by atoms with Gasteiger partial charge in [0.25, 0.3) is 17.4 Å². The van der Waals surface area contributed by atoms with Gasteiger partial charge in [0.15, 0.2) is 25.2 Å². The lowest BCUT2D eigenvalue weighted by molar-refractivity contribution is -0.405. The van der Waals surface area contributed by atoms with Crippen molar-refractivity contribution < 1.29 is 237 Å². The van der Waals surface area contributed by atoms with Gasteiger partial charge in [0.1, 0.15) is 159 Å². The van der Waals surface area contributed by atoms with E-state index in [-0.39, 0.29) is 6.42 Å². The van der Waals surface area contributed by atoms with Gasteiger partial charge in [0, 0.05) is 46.5 Å². The third kappa shape index (κ3) is 36.0. The molecule has 14 unspecified atom stereocenters. The van der Waals surface area contributed by atoms with Gasteiger partial charge in [-0.2, -0.15) is 0 Å². The Morgan fingerprint density at radius 3 is 1.17 bits per heavy atom. The van der Waals surface area contributed by atoms with Crippen LogP contribution in [0.1, 0.15) is 234 Å². The van der Waals surface area contributed by atoms with Crippen LogP contribution < -0.4 is 26.6 Å². The average Bonchev–Trinajstić information content (AvgIpc) is 0.740. The van der Waals surface area contributed by atoms with E-state index in [4.69, 9.17) is 66.3 Å². The monoisotopic (exact) mass is 2140 g/mol. The molecule has 0 saturated carbocycles. The number of carbonyl (C=O) groups is 8. The van der Waals surface area contributed by atoms with Crippen molar-refractivity contribution in [1.29, 1.82) is 0 Å². The maximum Gasteiger partial charge on any atom is 0.364 e. The minimum Gasteiger partial charge on any atom is -0.477 e. The number of aliphatic hydroxyl groups excluding tert-OH is 23. The molecule has 5 amide bonds. The first-order valence-electron chi connectivity index (χ1n) is 51.5. The Hall–Kier alpha value is -5.98. The summed E-state index contributed by atoms with van der Waals surface area (Å²) in [4.78, 5) is 108. The van der Waals surface area contributed by atoms with Gasteiger partial charge in [-0.05, 0) is 19.3 Å². The minimum absolute atomic E-state index is 0.0387. The number of hydrogen-bond acceptors (Lipinski definition) is 45. The number of aliphatic hydroxyl groups is 23. The van der Waals surface area contributed by atoms with Crippen LogP contribution in [0.15, 0.2) is 12.2 Å². The summed E-state index contributed by atoms with van der Waals surface area (Å²) in [6.07, 6.45) is -49.3. The number of nitrogens with one attached hydrogen (secondary N) is 5. The van der Waals surface area contributed by atoms with Crippen LogP contribution in [-0.2, 0) is 105 Å². The van der Waals surface area contributed by atoms with Crippen LogP contribution in [0.4, 0.5) is 0 Å². The van der Waals surface area contributed by atoms with Gasteiger partial charge in [0.05, 0.1) is 101 Å². The molecule has 0 aromatic heterocycles. The maximum atomic E-state index is 14.7. The van der Waals surface area contributed by atoms with Crippen LogP contribution in [-0.4, -0.2) is 483 Å². The molecule has 0 spiro atoms. The number of allylic oxidation sites excluding steroid dienone is 1. The van der Waals surface area contributed by atoms with E-state index >= 15 is 0 Å². The van der Waals surface area contributed by atoms with Crippen molar-refractivity contribution in [2.75, 3.05) is 59.5 Å². The molecule has 7 rings (SSSR count). The van der Waals surface area contributed by atoms with Gasteiger partial charge in [-0.25, -0.2) is 14.4 Å². The van der Waals surface area contributed by atoms with Gasteiger partial charge in [0.2, 0.25) is 29.5 Å². The summed E-state index contributed by atoms with van der Waals surface area (Å²) >= 11 is 0. The zero-order valence-electron chi connectivity index (χ0n) is 84.4. The molecular weight excluding hydrogens is 1980 g/mol. The van der Waals surface area contributed by atoms with E-state index in [0.29, 0.717) is 12.8 Å². The first-order valence-corrected chi connectivity index (χ1v) is 51.5.